The molecule has 3 nitrogen and oxygen atoms in total. The van der Waals surface area contributed by atoms with E-state index < -0.39 is 0 Å². The summed E-state index contributed by atoms with van der Waals surface area (Å²) in [4.78, 5) is 7.69. The molecule has 0 radical (unpaired) electrons. The Morgan fingerprint density at radius 3 is 2.38 bits per heavy atom. The van der Waals surface area contributed by atoms with Gasteiger partial charge >= 0.3 is 0 Å². The first-order chi connectivity index (χ1) is 12.7. The highest BCUT2D eigenvalue weighted by atomic mass is 15.2. The molecule has 0 amide bonds. The summed E-state index contributed by atoms with van der Waals surface area (Å²) in [6.07, 6.45) is 5.34. The molecule has 1 aliphatic heterocycles. The molecule has 1 aromatic heterocycles. The largest absolute Gasteiger partial charge is 0.322 e. The van der Waals surface area contributed by atoms with Crippen molar-refractivity contribution in [1.82, 2.24) is 14.5 Å². The van der Waals surface area contributed by atoms with Crippen molar-refractivity contribution in [3.63, 3.8) is 0 Å². The summed E-state index contributed by atoms with van der Waals surface area (Å²) in [6, 6.07) is 17.6. The van der Waals surface area contributed by atoms with Gasteiger partial charge in [-0.05, 0) is 63.0 Å². The van der Waals surface area contributed by atoms with Crippen molar-refractivity contribution in [3.8, 4) is 0 Å². The van der Waals surface area contributed by atoms with Crippen LogP contribution >= 0.6 is 0 Å². The van der Waals surface area contributed by atoms with Gasteiger partial charge in [0.15, 0.2) is 0 Å². The van der Waals surface area contributed by atoms with Crippen LogP contribution in [0.1, 0.15) is 55.6 Å². The quantitative estimate of drug-likeness (QED) is 0.636. The Hall–Kier alpha value is -2.13. The number of aromatic nitrogens is 2. The molecule has 1 unspecified atom stereocenters. The van der Waals surface area contributed by atoms with E-state index in [1.165, 1.54) is 61.2 Å². The third-order valence-corrected chi connectivity index (χ3v) is 5.84. The van der Waals surface area contributed by atoms with Crippen LogP contribution < -0.4 is 0 Å². The summed E-state index contributed by atoms with van der Waals surface area (Å²) in [6.45, 7) is 7.80. The van der Waals surface area contributed by atoms with Gasteiger partial charge in [-0.2, -0.15) is 0 Å². The lowest BCUT2D eigenvalue weighted by Gasteiger charge is -2.28. The fourth-order valence-electron chi connectivity index (χ4n) is 4.18. The number of likely N-dealkylation sites (tertiary alicyclic amines) is 1. The molecular formula is C23H29N3. The molecule has 26 heavy (non-hydrogen) atoms. The van der Waals surface area contributed by atoms with Gasteiger partial charge in [0.05, 0.1) is 17.1 Å². The van der Waals surface area contributed by atoms with Crippen molar-refractivity contribution in [2.75, 3.05) is 13.1 Å². The number of para-hydroxylation sites is 2. The topological polar surface area (TPSA) is 21.1 Å². The van der Waals surface area contributed by atoms with Crippen molar-refractivity contribution < 1.29 is 0 Å². The Morgan fingerprint density at radius 1 is 0.923 bits per heavy atom. The molecule has 3 heteroatoms. The smallest absolute Gasteiger partial charge is 0.127 e. The number of aryl methyl sites for hydroxylation is 1. The molecule has 0 saturated carbocycles. The van der Waals surface area contributed by atoms with Crippen LogP contribution in [0.5, 0.6) is 0 Å². The molecule has 0 aliphatic carbocycles. The Labute approximate surface area is 156 Å². The van der Waals surface area contributed by atoms with E-state index in [4.69, 9.17) is 4.98 Å². The molecular weight excluding hydrogens is 318 g/mol. The van der Waals surface area contributed by atoms with Crippen LogP contribution in [0.3, 0.4) is 0 Å². The predicted octanol–water partition coefficient (Wildman–Crippen LogP) is 5.33. The highest BCUT2D eigenvalue weighted by Crippen LogP contribution is 2.28. The maximum absolute atomic E-state index is 5.07. The normalized spacial score (nSPS) is 17.3. The lowest BCUT2D eigenvalue weighted by atomic mass is 10.1. The van der Waals surface area contributed by atoms with Gasteiger partial charge in [0.1, 0.15) is 5.82 Å². The number of fused-ring (bicyclic) bond motifs is 1. The minimum absolute atomic E-state index is 0.351. The van der Waals surface area contributed by atoms with Gasteiger partial charge in [0.2, 0.25) is 0 Å². The second-order valence-electron chi connectivity index (χ2n) is 7.60. The molecule has 4 rings (SSSR count). The SMILES string of the molecule is Cc1ccccc1Cn1c(C(C)N2CCCCCC2)nc2ccccc21. The van der Waals surface area contributed by atoms with Crippen LogP contribution in [0.4, 0.5) is 0 Å². The lowest BCUT2D eigenvalue weighted by Crippen LogP contribution is -2.30. The number of imidazole rings is 1. The van der Waals surface area contributed by atoms with Gasteiger partial charge in [-0.25, -0.2) is 4.98 Å². The van der Waals surface area contributed by atoms with Crippen LogP contribution in [-0.2, 0) is 6.54 Å². The van der Waals surface area contributed by atoms with Crippen LogP contribution in [-0.4, -0.2) is 27.5 Å². The molecule has 1 atom stereocenters. The number of benzene rings is 2. The van der Waals surface area contributed by atoms with E-state index in [1.807, 2.05) is 0 Å². The number of hydrogen-bond donors (Lipinski definition) is 0. The fourth-order valence-corrected chi connectivity index (χ4v) is 4.18. The monoisotopic (exact) mass is 347 g/mol. The third kappa shape index (κ3) is 3.41. The van der Waals surface area contributed by atoms with E-state index in [2.05, 4.69) is 71.8 Å². The molecule has 136 valence electrons. The first-order valence-corrected chi connectivity index (χ1v) is 9.98. The molecule has 2 heterocycles. The maximum atomic E-state index is 5.07. The Kier molecular flexibility index (Phi) is 5.07. The summed E-state index contributed by atoms with van der Waals surface area (Å²) in [5, 5.41) is 0. The van der Waals surface area contributed by atoms with Gasteiger partial charge < -0.3 is 4.57 Å². The van der Waals surface area contributed by atoms with Crippen molar-refractivity contribution >= 4 is 11.0 Å². The van der Waals surface area contributed by atoms with E-state index in [1.54, 1.807) is 0 Å². The first-order valence-electron chi connectivity index (χ1n) is 9.98. The molecule has 0 bridgehead atoms. The lowest BCUT2D eigenvalue weighted by molar-refractivity contribution is 0.208. The first kappa shape index (κ1) is 17.3. The summed E-state index contributed by atoms with van der Waals surface area (Å²) in [5.74, 6) is 1.20. The Bertz CT molecular complexity index is 872. The Balaban J connectivity index is 1.75. The molecule has 0 N–H and O–H groups in total. The van der Waals surface area contributed by atoms with Crippen LogP contribution in [0.15, 0.2) is 48.5 Å². The van der Waals surface area contributed by atoms with Crippen molar-refractivity contribution in [3.05, 3.63) is 65.5 Å². The summed E-state index contributed by atoms with van der Waals surface area (Å²) in [5.41, 5.74) is 5.07. The van der Waals surface area contributed by atoms with Crippen molar-refractivity contribution in [2.45, 2.75) is 52.1 Å². The molecule has 3 aromatic rings. The van der Waals surface area contributed by atoms with Crippen LogP contribution in [0.2, 0.25) is 0 Å². The second kappa shape index (κ2) is 7.63. The zero-order valence-electron chi connectivity index (χ0n) is 16.0. The average Bonchev–Trinajstić information content (AvgIpc) is 2.83. The van der Waals surface area contributed by atoms with E-state index in [-0.39, 0.29) is 0 Å². The summed E-state index contributed by atoms with van der Waals surface area (Å²) in [7, 11) is 0. The van der Waals surface area contributed by atoms with Crippen molar-refractivity contribution in [2.24, 2.45) is 0 Å². The minimum atomic E-state index is 0.351. The van der Waals surface area contributed by atoms with E-state index in [0.29, 0.717) is 6.04 Å². The van der Waals surface area contributed by atoms with Crippen LogP contribution in [0, 0.1) is 6.92 Å². The summed E-state index contributed by atoms with van der Waals surface area (Å²) >= 11 is 0. The second-order valence-corrected chi connectivity index (χ2v) is 7.60. The van der Waals surface area contributed by atoms with Gasteiger partial charge in [-0.3, -0.25) is 4.90 Å². The molecule has 1 aliphatic rings. The van der Waals surface area contributed by atoms with Crippen LogP contribution in [0.25, 0.3) is 11.0 Å². The van der Waals surface area contributed by atoms with Gasteiger partial charge in [0.25, 0.3) is 0 Å². The van der Waals surface area contributed by atoms with Gasteiger partial charge in [-0.1, -0.05) is 49.2 Å². The highest BCUT2D eigenvalue weighted by molar-refractivity contribution is 5.76. The maximum Gasteiger partial charge on any atom is 0.127 e. The highest BCUT2D eigenvalue weighted by Gasteiger charge is 2.23. The van der Waals surface area contributed by atoms with Crippen molar-refractivity contribution in [1.29, 1.82) is 0 Å². The molecule has 1 fully saturated rings. The zero-order chi connectivity index (χ0) is 17.9. The number of rotatable bonds is 4. The standard InChI is InChI=1S/C23H29N3/c1-18-11-5-6-12-20(18)17-26-22-14-8-7-13-21(22)24-23(26)19(2)25-15-9-3-4-10-16-25/h5-8,11-14,19H,3-4,9-10,15-17H2,1-2H3. The van der Waals surface area contributed by atoms with E-state index in [9.17, 15) is 0 Å². The molecule has 0 spiro atoms. The third-order valence-electron chi connectivity index (χ3n) is 5.84. The number of nitrogens with zero attached hydrogens (tertiary/aromatic N) is 3. The summed E-state index contributed by atoms with van der Waals surface area (Å²) < 4.78 is 2.44. The van der Waals surface area contributed by atoms with E-state index in [0.717, 1.165) is 12.1 Å². The Morgan fingerprint density at radius 2 is 1.62 bits per heavy atom. The minimum Gasteiger partial charge on any atom is -0.322 e. The predicted molar refractivity (Wildman–Crippen MR) is 108 cm³/mol. The van der Waals surface area contributed by atoms with Gasteiger partial charge in [-0.15, -0.1) is 0 Å². The average molecular weight is 348 g/mol. The fraction of sp³-hybridized carbons (Fsp3) is 0.435. The molecule has 1 saturated heterocycles. The zero-order valence-corrected chi connectivity index (χ0v) is 16.0. The van der Waals surface area contributed by atoms with Gasteiger partial charge in [0, 0.05) is 6.54 Å². The van der Waals surface area contributed by atoms with E-state index >= 15 is 0 Å². The molecule has 2 aromatic carbocycles. The number of hydrogen-bond acceptors (Lipinski definition) is 2.